The number of anilines is 1. The normalized spacial score (nSPS) is 10.5. The standard InChI is InChI=1S/C23H19N3O5/c24-23(25)26-17-6-4-16(5-7-17)22(29)31-20-12-10-19(11-13-20)30-21(28)14-3-15-1-8-18(27)9-2-15/h1-14,27H,(H4,24,25,26). The monoisotopic (exact) mass is 417 g/mol. The third-order valence-corrected chi connectivity index (χ3v) is 3.96. The molecule has 0 aliphatic rings. The van der Waals surface area contributed by atoms with Gasteiger partial charge in [-0.3, -0.25) is 5.41 Å². The van der Waals surface area contributed by atoms with Gasteiger partial charge in [0, 0.05) is 11.8 Å². The molecule has 0 spiro atoms. The fraction of sp³-hybridized carbons (Fsp3) is 0. The molecule has 8 nitrogen and oxygen atoms in total. The first-order valence-electron chi connectivity index (χ1n) is 9.11. The predicted molar refractivity (Wildman–Crippen MR) is 116 cm³/mol. The Labute approximate surface area is 178 Å². The summed E-state index contributed by atoms with van der Waals surface area (Å²) in [5.74, 6) is -0.613. The SMILES string of the molecule is N=C(N)Nc1ccc(C(=O)Oc2ccc(OC(=O)C=Cc3ccc(O)cc3)cc2)cc1. The Morgan fingerprint density at radius 1 is 0.871 bits per heavy atom. The lowest BCUT2D eigenvalue weighted by Crippen LogP contribution is -2.20. The number of hydrogen-bond donors (Lipinski definition) is 4. The molecule has 0 atom stereocenters. The highest BCUT2D eigenvalue weighted by Gasteiger charge is 2.09. The average Bonchev–Trinajstić information content (AvgIpc) is 2.75. The van der Waals surface area contributed by atoms with Gasteiger partial charge >= 0.3 is 11.9 Å². The number of benzene rings is 3. The summed E-state index contributed by atoms with van der Waals surface area (Å²) >= 11 is 0. The van der Waals surface area contributed by atoms with E-state index in [1.54, 1.807) is 42.5 Å². The molecule has 3 rings (SSSR count). The topological polar surface area (TPSA) is 135 Å². The first kappa shape index (κ1) is 21.1. The molecule has 0 saturated carbocycles. The van der Waals surface area contributed by atoms with Crippen LogP contribution < -0.4 is 20.5 Å². The molecule has 156 valence electrons. The Morgan fingerprint density at radius 3 is 2.03 bits per heavy atom. The van der Waals surface area contributed by atoms with Gasteiger partial charge in [0.25, 0.3) is 0 Å². The second-order valence-corrected chi connectivity index (χ2v) is 6.32. The van der Waals surface area contributed by atoms with E-state index < -0.39 is 11.9 Å². The summed E-state index contributed by atoms with van der Waals surface area (Å²) in [5.41, 5.74) is 6.89. The van der Waals surface area contributed by atoms with Gasteiger partial charge in [0.1, 0.15) is 17.2 Å². The highest BCUT2D eigenvalue weighted by molar-refractivity contribution is 5.93. The van der Waals surface area contributed by atoms with E-state index in [0.717, 1.165) is 5.56 Å². The number of ether oxygens (including phenoxy) is 2. The Balaban J connectivity index is 1.54. The minimum absolute atomic E-state index is 0.141. The van der Waals surface area contributed by atoms with E-state index >= 15 is 0 Å². The van der Waals surface area contributed by atoms with Gasteiger partial charge in [-0.1, -0.05) is 12.1 Å². The van der Waals surface area contributed by atoms with Crippen molar-refractivity contribution in [1.82, 2.24) is 0 Å². The Bertz CT molecular complexity index is 1110. The number of nitrogens with two attached hydrogens (primary N) is 1. The number of phenols is 1. The lowest BCUT2D eigenvalue weighted by Gasteiger charge is -2.07. The number of rotatable bonds is 6. The quantitative estimate of drug-likeness (QED) is 0.158. The molecular weight excluding hydrogens is 398 g/mol. The molecule has 0 radical (unpaired) electrons. The third-order valence-electron chi connectivity index (χ3n) is 3.96. The largest absolute Gasteiger partial charge is 0.508 e. The van der Waals surface area contributed by atoms with Crippen LogP contribution in [0.4, 0.5) is 5.69 Å². The van der Waals surface area contributed by atoms with Crippen molar-refractivity contribution < 1.29 is 24.2 Å². The molecule has 0 amide bonds. The van der Waals surface area contributed by atoms with Crippen LogP contribution in [0.15, 0.2) is 78.9 Å². The van der Waals surface area contributed by atoms with Crippen LogP contribution in [-0.2, 0) is 4.79 Å². The Hall–Kier alpha value is -4.59. The number of aromatic hydroxyl groups is 1. The molecule has 0 aromatic heterocycles. The van der Waals surface area contributed by atoms with Crippen molar-refractivity contribution in [2.45, 2.75) is 0 Å². The third kappa shape index (κ3) is 6.47. The summed E-state index contributed by atoms with van der Waals surface area (Å²) in [4.78, 5) is 24.2. The summed E-state index contributed by atoms with van der Waals surface area (Å²) in [6.07, 6.45) is 2.83. The van der Waals surface area contributed by atoms with Crippen LogP contribution >= 0.6 is 0 Å². The van der Waals surface area contributed by atoms with Gasteiger partial charge in [-0.15, -0.1) is 0 Å². The molecule has 31 heavy (non-hydrogen) atoms. The molecule has 0 saturated heterocycles. The molecular formula is C23H19N3O5. The van der Waals surface area contributed by atoms with Crippen molar-refractivity contribution in [3.63, 3.8) is 0 Å². The van der Waals surface area contributed by atoms with E-state index in [0.29, 0.717) is 17.0 Å². The highest BCUT2D eigenvalue weighted by Crippen LogP contribution is 2.20. The summed E-state index contributed by atoms with van der Waals surface area (Å²) < 4.78 is 10.5. The maximum Gasteiger partial charge on any atom is 0.343 e. The van der Waals surface area contributed by atoms with Crippen LogP contribution in [0.2, 0.25) is 0 Å². The molecule has 3 aromatic carbocycles. The number of guanidine groups is 1. The predicted octanol–water partition coefficient (Wildman–Crippen LogP) is 3.54. The molecule has 0 aliphatic heterocycles. The first-order chi connectivity index (χ1) is 14.9. The van der Waals surface area contributed by atoms with E-state index in [2.05, 4.69) is 5.32 Å². The number of nitrogens with one attached hydrogen (secondary N) is 2. The lowest BCUT2D eigenvalue weighted by atomic mass is 10.2. The number of carbonyl (C=O) groups is 2. The van der Waals surface area contributed by atoms with Gasteiger partial charge in [-0.2, -0.15) is 0 Å². The van der Waals surface area contributed by atoms with E-state index in [1.165, 1.54) is 42.5 Å². The summed E-state index contributed by atoms with van der Waals surface area (Å²) in [5, 5.41) is 19.0. The van der Waals surface area contributed by atoms with E-state index in [4.69, 9.17) is 20.6 Å². The van der Waals surface area contributed by atoms with Crippen molar-refractivity contribution in [2.24, 2.45) is 5.73 Å². The van der Waals surface area contributed by atoms with Crippen molar-refractivity contribution in [3.05, 3.63) is 90.0 Å². The second kappa shape index (κ2) is 9.75. The minimum atomic E-state index is -0.572. The van der Waals surface area contributed by atoms with Gasteiger partial charge in [0.15, 0.2) is 5.96 Å². The molecule has 5 N–H and O–H groups in total. The average molecular weight is 417 g/mol. The van der Waals surface area contributed by atoms with Crippen molar-refractivity contribution in [1.29, 1.82) is 5.41 Å². The zero-order valence-corrected chi connectivity index (χ0v) is 16.2. The molecule has 3 aromatic rings. The van der Waals surface area contributed by atoms with Crippen LogP contribution in [0.25, 0.3) is 6.08 Å². The van der Waals surface area contributed by atoms with E-state index in [-0.39, 0.29) is 17.5 Å². The molecule has 0 heterocycles. The van der Waals surface area contributed by atoms with Gasteiger partial charge < -0.3 is 25.6 Å². The van der Waals surface area contributed by atoms with Crippen LogP contribution in [0.3, 0.4) is 0 Å². The Morgan fingerprint density at radius 2 is 1.45 bits per heavy atom. The van der Waals surface area contributed by atoms with Crippen molar-refractivity contribution in [3.8, 4) is 17.2 Å². The molecule has 8 heteroatoms. The number of esters is 2. The number of carbonyl (C=O) groups excluding carboxylic acids is 2. The fourth-order valence-corrected chi connectivity index (χ4v) is 2.49. The van der Waals surface area contributed by atoms with Gasteiger partial charge in [-0.25, -0.2) is 9.59 Å². The first-order valence-corrected chi connectivity index (χ1v) is 9.11. The minimum Gasteiger partial charge on any atom is -0.508 e. The van der Waals surface area contributed by atoms with Crippen molar-refractivity contribution in [2.75, 3.05) is 5.32 Å². The summed E-state index contributed by atoms with van der Waals surface area (Å²) in [6, 6.07) is 18.7. The van der Waals surface area contributed by atoms with Crippen LogP contribution in [0.1, 0.15) is 15.9 Å². The highest BCUT2D eigenvalue weighted by atomic mass is 16.5. The maximum absolute atomic E-state index is 12.2. The zero-order valence-electron chi connectivity index (χ0n) is 16.2. The second-order valence-electron chi connectivity index (χ2n) is 6.32. The van der Waals surface area contributed by atoms with Crippen LogP contribution in [0.5, 0.6) is 17.2 Å². The lowest BCUT2D eigenvalue weighted by molar-refractivity contribution is -0.128. The van der Waals surface area contributed by atoms with Gasteiger partial charge in [0.05, 0.1) is 5.56 Å². The van der Waals surface area contributed by atoms with Crippen LogP contribution in [0, 0.1) is 5.41 Å². The fourth-order valence-electron chi connectivity index (χ4n) is 2.49. The van der Waals surface area contributed by atoms with Gasteiger partial charge in [-0.05, 0) is 72.3 Å². The molecule has 0 aliphatic carbocycles. The molecule has 0 unspecified atom stereocenters. The molecule has 0 fully saturated rings. The van der Waals surface area contributed by atoms with Gasteiger partial charge in [0.2, 0.25) is 0 Å². The van der Waals surface area contributed by atoms with Crippen molar-refractivity contribution >= 4 is 29.7 Å². The number of hydrogen-bond acceptors (Lipinski definition) is 6. The smallest absolute Gasteiger partial charge is 0.343 e. The Kier molecular flexibility index (Phi) is 6.64. The summed E-state index contributed by atoms with van der Waals surface area (Å²) in [6.45, 7) is 0. The van der Waals surface area contributed by atoms with E-state index in [9.17, 15) is 14.7 Å². The number of phenolic OH excluding ortho intramolecular Hbond substituents is 1. The summed E-state index contributed by atoms with van der Waals surface area (Å²) in [7, 11) is 0. The van der Waals surface area contributed by atoms with E-state index in [1.807, 2.05) is 0 Å². The maximum atomic E-state index is 12.2. The zero-order chi connectivity index (χ0) is 22.2. The van der Waals surface area contributed by atoms with Crippen LogP contribution in [-0.4, -0.2) is 23.0 Å². The molecule has 0 bridgehead atoms.